The molecular weight excluding hydrogens is 204 g/mol. The van der Waals surface area contributed by atoms with E-state index < -0.39 is 12.0 Å². The Morgan fingerprint density at radius 3 is 3.00 bits per heavy atom. The van der Waals surface area contributed by atoms with Gasteiger partial charge in [0, 0.05) is 11.6 Å². The van der Waals surface area contributed by atoms with Gasteiger partial charge in [-0.1, -0.05) is 6.07 Å². The quantitative estimate of drug-likeness (QED) is 0.845. The fraction of sp³-hybridized carbons (Fsp3) is 0.167. The molecule has 1 unspecified atom stereocenters. The van der Waals surface area contributed by atoms with E-state index in [9.17, 15) is 4.79 Å². The van der Waals surface area contributed by atoms with E-state index in [1.54, 1.807) is 19.2 Å². The Labute approximate surface area is 93.0 Å². The molecular formula is C12H12N2O2. The Morgan fingerprint density at radius 1 is 1.44 bits per heavy atom. The van der Waals surface area contributed by atoms with E-state index in [0.717, 1.165) is 10.9 Å². The number of nitrogens with zero attached hydrogens (tertiary/aromatic N) is 1. The fourth-order valence-corrected chi connectivity index (χ4v) is 1.39. The van der Waals surface area contributed by atoms with E-state index in [1.807, 2.05) is 24.3 Å². The van der Waals surface area contributed by atoms with Gasteiger partial charge < -0.3 is 10.5 Å². The summed E-state index contributed by atoms with van der Waals surface area (Å²) in [4.78, 5) is 15.0. The van der Waals surface area contributed by atoms with Crippen molar-refractivity contribution in [3.8, 4) is 5.75 Å². The van der Waals surface area contributed by atoms with Crippen molar-refractivity contribution in [3.05, 3.63) is 36.5 Å². The van der Waals surface area contributed by atoms with Crippen molar-refractivity contribution >= 4 is 16.8 Å². The maximum atomic E-state index is 10.9. The molecule has 0 saturated carbocycles. The molecule has 0 aliphatic carbocycles. The molecule has 0 spiro atoms. The average Bonchev–Trinajstić information content (AvgIpc) is 2.28. The Hall–Kier alpha value is -2.10. The molecule has 2 aromatic rings. The molecule has 0 radical (unpaired) electrons. The van der Waals surface area contributed by atoms with Gasteiger partial charge >= 0.3 is 0 Å². The third kappa shape index (κ3) is 2.11. The van der Waals surface area contributed by atoms with Crippen molar-refractivity contribution in [1.29, 1.82) is 0 Å². The third-order valence-electron chi connectivity index (χ3n) is 2.29. The number of hydrogen-bond acceptors (Lipinski definition) is 3. The van der Waals surface area contributed by atoms with Gasteiger partial charge in [0.25, 0.3) is 5.91 Å². The van der Waals surface area contributed by atoms with Gasteiger partial charge in [-0.3, -0.25) is 9.78 Å². The summed E-state index contributed by atoms with van der Waals surface area (Å²) in [5.41, 5.74) is 6.01. The topological polar surface area (TPSA) is 65.2 Å². The Bertz CT molecular complexity index is 525. The minimum atomic E-state index is -0.630. The maximum absolute atomic E-state index is 10.9. The highest BCUT2D eigenvalue weighted by atomic mass is 16.5. The van der Waals surface area contributed by atoms with Gasteiger partial charge in [-0.25, -0.2) is 0 Å². The summed E-state index contributed by atoms with van der Waals surface area (Å²) in [5, 5.41) is 0.969. The SMILES string of the molecule is CC(Oc1ccc2ncccc2c1)C(N)=O. The van der Waals surface area contributed by atoms with Gasteiger partial charge in [0.15, 0.2) is 6.10 Å². The summed E-state index contributed by atoms with van der Waals surface area (Å²) in [6.45, 7) is 1.62. The van der Waals surface area contributed by atoms with E-state index in [2.05, 4.69) is 4.98 Å². The van der Waals surface area contributed by atoms with Crippen molar-refractivity contribution in [2.75, 3.05) is 0 Å². The molecule has 1 heterocycles. The highest BCUT2D eigenvalue weighted by Gasteiger charge is 2.10. The number of benzene rings is 1. The van der Waals surface area contributed by atoms with Crippen LogP contribution in [0.1, 0.15) is 6.92 Å². The van der Waals surface area contributed by atoms with E-state index >= 15 is 0 Å². The average molecular weight is 216 g/mol. The molecule has 1 aromatic carbocycles. The number of carbonyl (C=O) groups excluding carboxylic acids is 1. The Kier molecular flexibility index (Phi) is 2.72. The van der Waals surface area contributed by atoms with Crippen LogP contribution in [0.15, 0.2) is 36.5 Å². The minimum Gasteiger partial charge on any atom is -0.481 e. The van der Waals surface area contributed by atoms with Gasteiger partial charge in [-0.15, -0.1) is 0 Å². The highest BCUT2D eigenvalue weighted by Crippen LogP contribution is 2.19. The van der Waals surface area contributed by atoms with Crippen LogP contribution in [-0.2, 0) is 4.79 Å². The number of carbonyl (C=O) groups is 1. The molecule has 16 heavy (non-hydrogen) atoms. The first-order valence-corrected chi connectivity index (χ1v) is 4.97. The van der Waals surface area contributed by atoms with E-state index in [0.29, 0.717) is 5.75 Å². The highest BCUT2D eigenvalue weighted by molar-refractivity contribution is 5.81. The smallest absolute Gasteiger partial charge is 0.258 e. The van der Waals surface area contributed by atoms with Crippen LogP contribution in [0.4, 0.5) is 0 Å². The maximum Gasteiger partial charge on any atom is 0.258 e. The molecule has 1 atom stereocenters. The monoisotopic (exact) mass is 216 g/mol. The summed E-state index contributed by atoms with van der Waals surface area (Å²) < 4.78 is 5.38. The van der Waals surface area contributed by atoms with Crippen LogP contribution in [0, 0.1) is 0 Å². The van der Waals surface area contributed by atoms with Crippen LogP contribution >= 0.6 is 0 Å². The zero-order valence-corrected chi connectivity index (χ0v) is 8.88. The van der Waals surface area contributed by atoms with Gasteiger partial charge in [-0.05, 0) is 31.2 Å². The van der Waals surface area contributed by atoms with Crippen molar-refractivity contribution in [1.82, 2.24) is 4.98 Å². The predicted octanol–water partition coefficient (Wildman–Crippen LogP) is 1.49. The largest absolute Gasteiger partial charge is 0.481 e. The second-order valence-corrected chi connectivity index (χ2v) is 3.52. The lowest BCUT2D eigenvalue weighted by Crippen LogP contribution is -2.30. The van der Waals surface area contributed by atoms with E-state index in [1.165, 1.54) is 0 Å². The first-order chi connectivity index (χ1) is 7.66. The summed E-state index contributed by atoms with van der Waals surface area (Å²) in [6, 6.07) is 9.24. The van der Waals surface area contributed by atoms with E-state index in [-0.39, 0.29) is 0 Å². The van der Waals surface area contributed by atoms with Crippen LogP contribution in [0.25, 0.3) is 10.9 Å². The van der Waals surface area contributed by atoms with Crippen molar-refractivity contribution in [3.63, 3.8) is 0 Å². The Morgan fingerprint density at radius 2 is 2.25 bits per heavy atom. The van der Waals surface area contributed by atoms with Crippen molar-refractivity contribution in [2.24, 2.45) is 5.73 Å². The molecule has 2 rings (SSSR count). The Balaban J connectivity index is 2.29. The molecule has 0 saturated heterocycles. The van der Waals surface area contributed by atoms with Crippen LogP contribution < -0.4 is 10.5 Å². The normalized spacial score (nSPS) is 12.3. The van der Waals surface area contributed by atoms with E-state index in [4.69, 9.17) is 10.5 Å². The molecule has 82 valence electrons. The van der Waals surface area contributed by atoms with Gasteiger partial charge in [0.2, 0.25) is 0 Å². The summed E-state index contributed by atoms with van der Waals surface area (Å²) in [7, 11) is 0. The first kappa shape index (κ1) is 10.4. The molecule has 2 N–H and O–H groups in total. The second kappa shape index (κ2) is 4.18. The van der Waals surface area contributed by atoms with Gasteiger partial charge in [0.1, 0.15) is 5.75 Å². The second-order valence-electron chi connectivity index (χ2n) is 3.52. The van der Waals surface area contributed by atoms with Crippen LogP contribution in [0.3, 0.4) is 0 Å². The number of rotatable bonds is 3. The number of primary amides is 1. The number of aromatic nitrogens is 1. The fourth-order valence-electron chi connectivity index (χ4n) is 1.39. The molecule has 4 heteroatoms. The van der Waals surface area contributed by atoms with Gasteiger partial charge in [0.05, 0.1) is 5.52 Å². The number of pyridine rings is 1. The lowest BCUT2D eigenvalue weighted by molar-refractivity contribution is -0.123. The molecule has 0 fully saturated rings. The molecule has 1 aromatic heterocycles. The molecule has 4 nitrogen and oxygen atoms in total. The molecule has 0 aliphatic rings. The van der Waals surface area contributed by atoms with Gasteiger partial charge in [-0.2, -0.15) is 0 Å². The number of fused-ring (bicyclic) bond motifs is 1. The summed E-state index contributed by atoms with van der Waals surface area (Å²) in [6.07, 6.45) is 1.10. The number of ether oxygens (including phenoxy) is 1. The van der Waals surface area contributed by atoms with Crippen LogP contribution in [-0.4, -0.2) is 17.0 Å². The molecule has 0 aliphatic heterocycles. The standard InChI is InChI=1S/C12H12N2O2/c1-8(12(13)15)16-10-4-5-11-9(7-10)3-2-6-14-11/h2-8H,1H3,(H2,13,15). The third-order valence-corrected chi connectivity index (χ3v) is 2.29. The summed E-state index contributed by atoms with van der Waals surface area (Å²) in [5.74, 6) is 0.137. The predicted molar refractivity (Wildman–Crippen MR) is 61.0 cm³/mol. The van der Waals surface area contributed by atoms with Crippen molar-refractivity contribution in [2.45, 2.75) is 13.0 Å². The minimum absolute atomic E-state index is 0.480. The van der Waals surface area contributed by atoms with Crippen LogP contribution in [0.2, 0.25) is 0 Å². The lowest BCUT2D eigenvalue weighted by atomic mass is 10.2. The number of amides is 1. The number of hydrogen-bond donors (Lipinski definition) is 1. The number of nitrogens with two attached hydrogens (primary N) is 1. The zero-order valence-electron chi connectivity index (χ0n) is 8.88. The lowest BCUT2D eigenvalue weighted by Gasteiger charge is -2.11. The molecule has 0 bridgehead atoms. The summed E-state index contributed by atoms with van der Waals surface area (Å²) >= 11 is 0. The first-order valence-electron chi connectivity index (χ1n) is 4.97. The van der Waals surface area contributed by atoms with Crippen LogP contribution in [0.5, 0.6) is 5.75 Å². The molecule has 1 amide bonds. The zero-order chi connectivity index (χ0) is 11.5. The van der Waals surface area contributed by atoms with Crippen molar-refractivity contribution < 1.29 is 9.53 Å².